The van der Waals surface area contributed by atoms with E-state index >= 15 is 0 Å². The van der Waals surface area contributed by atoms with E-state index < -0.39 is 18.6 Å². The molecular formula is C12H18BrCl2F3N2S. The molecule has 2 rings (SSSR count). The molecule has 2 heterocycles. The maximum Gasteiger partial charge on any atom is 0.390 e. The minimum Gasteiger partial charge on any atom is -0.314 e. The lowest BCUT2D eigenvalue weighted by molar-refractivity contribution is -0.148. The van der Waals surface area contributed by atoms with Crippen LogP contribution in [0.15, 0.2) is 9.85 Å². The van der Waals surface area contributed by atoms with Crippen LogP contribution in [0.2, 0.25) is 0 Å². The Morgan fingerprint density at radius 2 is 1.90 bits per heavy atom. The Labute approximate surface area is 147 Å². The fraction of sp³-hybridized carbons (Fsp3) is 0.667. The van der Waals surface area contributed by atoms with E-state index in [1.807, 2.05) is 17.9 Å². The zero-order valence-corrected chi connectivity index (χ0v) is 15.4. The van der Waals surface area contributed by atoms with Gasteiger partial charge in [-0.15, -0.1) is 36.2 Å². The molecule has 1 aromatic heterocycles. The Hall–Kier alpha value is 0.470. The number of piperazine rings is 1. The van der Waals surface area contributed by atoms with Crippen molar-refractivity contribution in [1.82, 2.24) is 10.2 Å². The number of halogens is 6. The molecule has 1 atom stereocenters. The smallest absolute Gasteiger partial charge is 0.314 e. The molecule has 0 aromatic carbocycles. The van der Waals surface area contributed by atoms with Gasteiger partial charge in [0, 0.05) is 31.1 Å². The van der Waals surface area contributed by atoms with Crippen molar-refractivity contribution in [3.8, 4) is 0 Å². The van der Waals surface area contributed by atoms with Crippen LogP contribution < -0.4 is 5.32 Å². The van der Waals surface area contributed by atoms with E-state index in [-0.39, 0.29) is 24.8 Å². The van der Waals surface area contributed by atoms with Gasteiger partial charge in [-0.3, -0.25) is 4.90 Å². The zero-order chi connectivity index (χ0) is 14.0. The van der Waals surface area contributed by atoms with Crippen LogP contribution in [0, 0.1) is 6.92 Å². The lowest BCUT2D eigenvalue weighted by Gasteiger charge is -2.34. The standard InChI is InChI=1S/C12H16BrF3N2S.2ClH/c1-8-6-10(19-11(8)13)9(7-12(14,15)16)18-4-2-17-3-5-18;;/h6,9,17H,2-5,7H2,1H3;2*1H/t9-;;/m1../s1. The summed E-state index contributed by atoms with van der Waals surface area (Å²) < 4.78 is 39.3. The summed E-state index contributed by atoms with van der Waals surface area (Å²) in [6.07, 6.45) is -4.92. The summed E-state index contributed by atoms with van der Waals surface area (Å²) in [6, 6.07) is 1.31. The summed E-state index contributed by atoms with van der Waals surface area (Å²) in [6.45, 7) is 4.73. The summed E-state index contributed by atoms with van der Waals surface area (Å²) in [7, 11) is 0. The van der Waals surface area contributed by atoms with Gasteiger partial charge in [0.15, 0.2) is 0 Å². The fourth-order valence-electron chi connectivity index (χ4n) is 2.27. The highest BCUT2D eigenvalue weighted by Crippen LogP contribution is 2.39. The second-order valence-electron chi connectivity index (χ2n) is 4.73. The lowest BCUT2D eigenvalue weighted by atomic mass is 10.1. The molecule has 0 radical (unpaired) electrons. The average Bonchev–Trinajstić information content (AvgIpc) is 2.66. The van der Waals surface area contributed by atoms with Gasteiger partial charge in [0.1, 0.15) is 0 Å². The van der Waals surface area contributed by atoms with Crippen molar-refractivity contribution < 1.29 is 13.2 Å². The number of alkyl halides is 3. The van der Waals surface area contributed by atoms with Gasteiger partial charge in [0.05, 0.1) is 16.2 Å². The van der Waals surface area contributed by atoms with E-state index in [0.717, 1.165) is 27.3 Å². The number of hydrogen-bond acceptors (Lipinski definition) is 3. The quantitative estimate of drug-likeness (QED) is 0.757. The SMILES string of the molecule is Cc1cc([C@@H](CC(F)(F)F)N2CCNCC2)sc1Br.Cl.Cl. The Morgan fingerprint density at radius 1 is 1.33 bits per heavy atom. The third-order valence-electron chi connectivity index (χ3n) is 3.22. The summed E-state index contributed by atoms with van der Waals surface area (Å²) >= 11 is 4.81. The molecule has 9 heteroatoms. The molecular weight excluding hydrogens is 412 g/mol. The molecule has 0 bridgehead atoms. The van der Waals surface area contributed by atoms with Crippen LogP contribution in [0.5, 0.6) is 0 Å². The highest BCUT2D eigenvalue weighted by atomic mass is 79.9. The molecule has 1 aliphatic heterocycles. The molecule has 2 nitrogen and oxygen atoms in total. The molecule has 124 valence electrons. The molecule has 0 saturated carbocycles. The Bertz CT molecular complexity index is 417. The van der Waals surface area contributed by atoms with Gasteiger partial charge >= 0.3 is 6.18 Å². The first-order valence-electron chi connectivity index (χ1n) is 6.14. The van der Waals surface area contributed by atoms with E-state index in [0.29, 0.717) is 13.1 Å². The Kier molecular flexibility index (Phi) is 9.13. The van der Waals surface area contributed by atoms with Gasteiger partial charge in [-0.05, 0) is 34.5 Å². The molecule has 0 unspecified atom stereocenters. The van der Waals surface area contributed by atoms with Gasteiger partial charge in [-0.1, -0.05) is 0 Å². The van der Waals surface area contributed by atoms with Crippen LogP contribution in [0.4, 0.5) is 13.2 Å². The molecule has 0 aliphatic carbocycles. The third kappa shape index (κ3) is 6.23. The summed E-state index contributed by atoms with van der Waals surface area (Å²) in [5.74, 6) is 0. The highest BCUT2D eigenvalue weighted by Gasteiger charge is 2.36. The molecule has 1 N–H and O–H groups in total. The molecule has 1 aliphatic rings. The first kappa shape index (κ1) is 21.5. The second-order valence-corrected chi connectivity index (χ2v) is 7.13. The van der Waals surface area contributed by atoms with Crippen molar-refractivity contribution in [2.75, 3.05) is 26.2 Å². The van der Waals surface area contributed by atoms with E-state index in [1.165, 1.54) is 11.3 Å². The Morgan fingerprint density at radius 3 is 2.33 bits per heavy atom. The van der Waals surface area contributed by atoms with Crippen LogP contribution >= 0.6 is 52.1 Å². The first-order chi connectivity index (χ1) is 8.87. The van der Waals surface area contributed by atoms with Gasteiger partial charge < -0.3 is 5.32 Å². The van der Waals surface area contributed by atoms with E-state index in [2.05, 4.69) is 21.2 Å². The minimum atomic E-state index is -4.14. The van der Waals surface area contributed by atoms with Crippen molar-refractivity contribution in [2.24, 2.45) is 0 Å². The molecule has 0 amide bonds. The number of hydrogen-bond donors (Lipinski definition) is 1. The van der Waals surface area contributed by atoms with Crippen molar-refractivity contribution in [1.29, 1.82) is 0 Å². The van der Waals surface area contributed by atoms with E-state index in [1.54, 1.807) is 0 Å². The molecule has 1 saturated heterocycles. The monoisotopic (exact) mass is 428 g/mol. The van der Waals surface area contributed by atoms with Gasteiger partial charge in [0.25, 0.3) is 0 Å². The van der Waals surface area contributed by atoms with Gasteiger partial charge in [-0.25, -0.2) is 0 Å². The van der Waals surface area contributed by atoms with Crippen LogP contribution in [0.1, 0.15) is 22.9 Å². The highest BCUT2D eigenvalue weighted by molar-refractivity contribution is 9.11. The normalized spacial score (nSPS) is 17.8. The lowest BCUT2D eigenvalue weighted by Crippen LogP contribution is -2.45. The van der Waals surface area contributed by atoms with E-state index in [9.17, 15) is 13.2 Å². The van der Waals surface area contributed by atoms with Crippen LogP contribution in [-0.4, -0.2) is 37.3 Å². The van der Waals surface area contributed by atoms with Crippen molar-refractivity contribution in [3.63, 3.8) is 0 Å². The number of aryl methyl sites for hydroxylation is 1. The fourth-order valence-corrected chi connectivity index (χ4v) is 3.98. The minimum absolute atomic E-state index is 0. The van der Waals surface area contributed by atoms with Crippen LogP contribution in [-0.2, 0) is 0 Å². The van der Waals surface area contributed by atoms with Crippen molar-refractivity contribution in [3.05, 3.63) is 20.3 Å². The van der Waals surface area contributed by atoms with Crippen LogP contribution in [0.3, 0.4) is 0 Å². The van der Waals surface area contributed by atoms with E-state index in [4.69, 9.17) is 0 Å². The van der Waals surface area contributed by atoms with Crippen molar-refractivity contribution >= 4 is 52.1 Å². The largest absolute Gasteiger partial charge is 0.390 e. The number of rotatable bonds is 3. The summed E-state index contributed by atoms with van der Waals surface area (Å²) in [4.78, 5) is 2.73. The van der Waals surface area contributed by atoms with Crippen molar-refractivity contribution in [2.45, 2.75) is 25.6 Å². The maximum absolute atomic E-state index is 12.8. The number of thiophene rings is 1. The molecule has 21 heavy (non-hydrogen) atoms. The third-order valence-corrected chi connectivity index (χ3v) is 5.46. The maximum atomic E-state index is 12.8. The molecule has 1 aromatic rings. The summed E-state index contributed by atoms with van der Waals surface area (Å²) in [5.41, 5.74) is 1.00. The molecule has 0 spiro atoms. The molecule has 1 fully saturated rings. The number of nitrogens with zero attached hydrogens (tertiary/aromatic N) is 1. The average molecular weight is 430 g/mol. The first-order valence-corrected chi connectivity index (χ1v) is 7.75. The summed E-state index contributed by atoms with van der Waals surface area (Å²) in [5, 5.41) is 3.17. The van der Waals surface area contributed by atoms with Crippen LogP contribution in [0.25, 0.3) is 0 Å². The Balaban J connectivity index is 0.00000200. The topological polar surface area (TPSA) is 15.3 Å². The van der Waals surface area contributed by atoms with Gasteiger partial charge in [0.2, 0.25) is 0 Å². The zero-order valence-electron chi connectivity index (χ0n) is 11.4. The van der Waals surface area contributed by atoms with Gasteiger partial charge in [-0.2, -0.15) is 13.2 Å². The predicted molar refractivity (Wildman–Crippen MR) is 89.1 cm³/mol. The second kappa shape index (κ2) is 8.93. The number of nitrogens with one attached hydrogen (secondary N) is 1. The predicted octanol–water partition coefficient (Wildman–Crippen LogP) is 4.56.